The van der Waals surface area contributed by atoms with Crippen LogP contribution in [0, 0.1) is 13.8 Å². The molecule has 3 aromatic rings. The minimum Gasteiger partial charge on any atom is -0.426 e. The Bertz CT molecular complexity index is 826. The number of benzene rings is 2. The van der Waals surface area contributed by atoms with Crippen LogP contribution in [0.4, 0.5) is 0 Å². The van der Waals surface area contributed by atoms with Crippen molar-refractivity contribution in [3.63, 3.8) is 0 Å². The van der Waals surface area contributed by atoms with Crippen LogP contribution in [0.5, 0.6) is 5.75 Å². The second kappa shape index (κ2) is 7.31. The van der Waals surface area contributed by atoms with Gasteiger partial charge in [0.2, 0.25) is 0 Å². The van der Waals surface area contributed by atoms with E-state index < -0.39 is 0 Å². The monoisotopic (exact) mass is 339 g/mol. The van der Waals surface area contributed by atoms with Gasteiger partial charge in [0.05, 0.1) is 5.75 Å². The quantitative estimate of drug-likeness (QED) is 0.404. The first-order valence-electron chi connectivity index (χ1n) is 7.49. The van der Waals surface area contributed by atoms with Crippen LogP contribution < -0.4 is 4.74 Å². The molecule has 0 bridgehead atoms. The summed E-state index contributed by atoms with van der Waals surface area (Å²) in [6, 6.07) is 15.4. The highest BCUT2D eigenvalue weighted by Crippen LogP contribution is 2.20. The molecule has 0 fully saturated rings. The summed E-state index contributed by atoms with van der Waals surface area (Å²) < 4.78 is 7.16. The Balaban J connectivity index is 1.63. The predicted octanol–water partition coefficient (Wildman–Crippen LogP) is 3.58. The number of aryl methyl sites for hydroxylation is 2. The summed E-state index contributed by atoms with van der Waals surface area (Å²) in [5, 5.41) is 8.66. The van der Waals surface area contributed by atoms with Crippen molar-refractivity contribution in [3.8, 4) is 11.4 Å². The number of carbonyl (C=O) groups is 1. The van der Waals surface area contributed by atoms with Gasteiger partial charge in [0.15, 0.2) is 5.16 Å². The van der Waals surface area contributed by atoms with Gasteiger partial charge in [-0.1, -0.05) is 47.2 Å². The zero-order valence-corrected chi connectivity index (χ0v) is 14.3. The van der Waals surface area contributed by atoms with Crippen molar-refractivity contribution < 1.29 is 9.53 Å². The van der Waals surface area contributed by atoms with E-state index in [-0.39, 0.29) is 11.7 Å². The molecule has 1 aromatic heterocycles. The number of thioether (sulfide) groups is 1. The minimum absolute atomic E-state index is 0.165. The van der Waals surface area contributed by atoms with E-state index in [0.29, 0.717) is 10.9 Å². The molecule has 6 heteroatoms. The second-order valence-electron chi connectivity index (χ2n) is 5.39. The van der Waals surface area contributed by atoms with E-state index in [1.807, 2.05) is 54.8 Å². The van der Waals surface area contributed by atoms with Gasteiger partial charge in [-0.25, -0.2) is 0 Å². The fourth-order valence-corrected chi connectivity index (χ4v) is 2.80. The number of hydrogen-bond donors (Lipinski definition) is 0. The largest absolute Gasteiger partial charge is 0.426 e. The molecule has 0 unspecified atom stereocenters. The molecule has 0 aliphatic rings. The Hall–Kier alpha value is -2.60. The van der Waals surface area contributed by atoms with Gasteiger partial charge in [0.1, 0.15) is 12.1 Å². The number of nitrogens with zero attached hydrogens (tertiary/aromatic N) is 3. The van der Waals surface area contributed by atoms with Crippen LogP contribution in [-0.4, -0.2) is 26.5 Å². The molecule has 0 saturated heterocycles. The van der Waals surface area contributed by atoms with E-state index in [1.54, 1.807) is 18.5 Å². The zero-order chi connectivity index (χ0) is 16.9. The lowest BCUT2D eigenvalue weighted by Crippen LogP contribution is -2.11. The second-order valence-corrected chi connectivity index (χ2v) is 6.34. The first kappa shape index (κ1) is 16.3. The molecule has 0 radical (unpaired) electrons. The van der Waals surface area contributed by atoms with Crippen molar-refractivity contribution in [1.82, 2.24) is 14.8 Å². The van der Waals surface area contributed by atoms with Crippen LogP contribution in [0.25, 0.3) is 5.69 Å². The molecule has 0 saturated carbocycles. The molecule has 2 aromatic carbocycles. The van der Waals surface area contributed by atoms with E-state index in [4.69, 9.17) is 4.74 Å². The average molecular weight is 339 g/mol. The molecule has 0 N–H and O–H groups in total. The van der Waals surface area contributed by atoms with E-state index in [9.17, 15) is 4.79 Å². The van der Waals surface area contributed by atoms with Gasteiger partial charge in [0.25, 0.3) is 0 Å². The maximum atomic E-state index is 12.0. The lowest BCUT2D eigenvalue weighted by Gasteiger charge is -2.07. The molecule has 5 nitrogen and oxygen atoms in total. The van der Waals surface area contributed by atoms with Crippen LogP contribution >= 0.6 is 11.8 Å². The Morgan fingerprint density at radius 1 is 1.04 bits per heavy atom. The van der Waals surface area contributed by atoms with E-state index in [0.717, 1.165) is 11.3 Å². The first-order valence-corrected chi connectivity index (χ1v) is 8.47. The Labute approximate surface area is 144 Å². The zero-order valence-electron chi connectivity index (χ0n) is 13.5. The topological polar surface area (TPSA) is 57.0 Å². The number of hydrogen-bond acceptors (Lipinski definition) is 5. The van der Waals surface area contributed by atoms with Gasteiger partial charge >= 0.3 is 5.97 Å². The highest BCUT2D eigenvalue weighted by molar-refractivity contribution is 7.99. The summed E-state index contributed by atoms with van der Waals surface area (Å²) in [6.45, 7) is 4.02. The molecule has 24 heavy (non-hydrogen) atoms. The van der Waals surface area contributed by atoms with Crippen LogP contribution in [0.1, 0.15) is 11.1 Å². The molecule has 122 valence electrons. The number of esters is 1. The third-order valence-electron chi connectivity index (χ3n) is 3.40. The third kappa shape index (κ3) is 4.02. The van der Waals surface area contributed by atoms with Crippen molar-refractivity contribution in [3.05, 3.63) is 66.0 Å². The molecule has 0 atom stereocenters. The summed E-state index contributed by atoms with van der Waals surface area (Å²) in [4.78, 5) is 12.0. The van der Waals surface area contributed by atoms with Gasteiger partial charge in [-0.05, 0) is 38.1 Å². The maximum absolute atomic E-state index is 12.0. The SMILES string of the molecule is Cc1ccc(OC(=O)CSc2nncn2-c2ccc(C)cc2)cc1. The maximum Gasteiger partial charge on any atom is 0.321 e. The molecule has 1 heterocycles. The first-order chi connectivity index (χ1) is 11.6. The Kier molecular flexibility index (Phi) is 4.96. The van der Waals surface area contributed by atoms with Gasteiger partial charge < -0.3 is 4.74 Å². The lowest BCUT2D eigenvalue weighted by molar-refractivity contribution is -0.131. The molecule has 0 aliphatic carbocycles. The fraction of sp³-hybridized carbons (Fsp3) is 0.167. The summed E-state index contributed by atoms with van der Waals surface area (Å²) >= 11 is 1.30. The van der Waals surface area contributed by atoms with Crippen LogP contribution in [0.3, 0.4) is 0 Å². The fourth-order valence-electron chi connectivity index (χ4n) is 2.10. The van der Waals surface area contributed by atoms with Gasteiger partial charge in [-0.15, -0.1) is 10.2 Å². The molecule has 0 spiro atoms. The highest BCUT2D eigenvalue weighted by Gasteiger charge is 2.11. The molecule has 0 amide bonds. The number of ether oxygens (including phenoxy) is 1. The number of aromatic nitrogens is 3. The minimum atomic E-state index is -0.317. The van der Waals surface area contributed by atoms with E-state index in [1.165, 1.54) is 17.3 Å². The summed E-state index contributed by atoms with van der Waals surface area (Å²) in [5.74, 6) is 0.395. The Morgan fingerprint density at radius 2 is 1.67 bits per heavy atom. The van der Waals surface area contributed by atoms with Crippen molar-refractivity contribution in [2.24, 2.45) is 0 Å². The average Bonchev–Trinajstić information content (AvgIpc) is 3.04. The number of rotatable bonds is 5. The molecular formula is C18H17N3O2S. The highest BCUT2D eigenvalue weighted by atomic mass is 32.2. The van der Waals surface area contributed by atoms with E-state index >= 15 is 0 Å². The smallest absolute Gasteiger partial charge is 0.321 e. The van der Waals surface area contributed by atoms with E-state index in [2.05, 4.69) is 10.2 Å². The van der Waals surface area contributed by atoms with Crippen LogP contribution in [-0.2, 0) is 4.79 Å². The van der Waals surface area contributed by atoms with Gasteiger partial charge in [-0.3, -0.25) is 9.36 Å². The summed E-state index contributed by atoms with van der Waals surface area (Å²) in [6.07, 6.45) is 1.64. The summed E-state index contributed by atoms with van der Waals surface area (Å²) in [7, 11) is 0. The Morgan fingerprint density at radius 3 is 2.33 bits per heavy atom. The third-order valence-corrected chi connectivity index (χ3v) is 4.32. The van der Waals surface area contributed by atoms with Crippen molar-refractivity contribution >= 4 is 17.7 Å². The van der Waals surface area contributed by atoms with Crippen molar-refractivity contribution in [1.29, 1.82) is 0 Å². The normalized spacial score (nSPS) is 10.6. The molecular weight excluding hydrogens is 322 g/mol. The lowest BCUT2D eigenvalue weighted by atomic mass is 10.2. The van der Waals surface area contributed by atoms with Crippen LogP contribution in [0.2, 0.25) is 0 Å². The molecule has 0 aliphatic heterocycles. The van der Waals surface area contributed by atoms with Gasteiger partial charge in [-0.2, -0.15) is 0 Å². The number of carbonyl (C=O) groups excluding carboxylic acids is 1. The van der Waals surface area contributed by atoms with Crippen LogP contribution in [0.15, 0.2) is 60.0 Å². The predicted molar refractivity (Wildman–Crippen MR) is 93.6 cm³/mol. The summed E-state index contributed by atoms with van der Waals surface area (Å²) in [5.41, 5.74) is 3.26. The standard InChI is InChI=1S/C18H17N3O2S/c1-13-3-7-15(8-4-13)21-12-19-20-18(21)24-11-17(22)23-16-9-5-14(2)6-10-16/h3-10,12H,11H2,1-2H3. The van der Waals surface area contributed by atoms with Gasteiger partial charge in [0, 0.05) is 5.69 Å². The van der Waals surface area contributed by atoms with Crippen molar-refractivity contribution in [2.45, 2.75) is 19.0 Å². The van der Waals surface area contributed by atoms with Crippen molar-refractivity contribution in [2.75, 3.05) is 5.75 Å². The molecule has 3 rings (SSSR count).